The summed E-state index contributed by atoms with van der Waals surface area (Å²) in [6.45, 7) is 1.78. The van der Waals surface area contributed by atoms with Crippen LogP contribution in [0.5, 0.6) is 0 Å². The topological polar surface area (TPSA) is 68.3 Å². The van der Waals surface area contributed by atoms with Crippen LogP contribution in [0.15, 0.2) is 23.6 Å². The minimum absolute atomic E-state index is 0.0824. The van der Waals surface area contributed by atoms with Crippen molar-refractivity contribution in [2.75, 3.05) is 12.4 Å². The van der Waals surface area contributed by atoms with Gasteiger partial charge in [0.15, 0.2) is 5.13 Å². The number of ether oxygens (including phenoxy) is 1. The highest BCUT2D eigenvalue weighted by Crippen LogP contribution is 2.21. The molecular weight excluding hydrogens is 312 g/mol. The molecule has 2 aromatic rings. The second-order valence-electron chi connectivity index (χ2n) is 4.26. The molecule has 2 rings (SSSR count). The van der Waals surface area contributed by atoms with Crippen LogP contribution in [0.3, 0.4) is 0 Å². The van der Waals surface area contributed by atoms with Gasteiger partial charge in [-0.3, -0.25) is 14.9 Å². The van der Waals surface area contributed by atoms with E-state index in [4.69, 9.17) is 11.6 Å². The Morgan fingerprint density at radius 2 is 2.19 bits per heavy atom. The SMILES string of the molecule is COC(=O)Cc1csc(NC(=O)c2cccc(Cl)c2C)n1. The molecule has 110 valence electrons. The summed E-state index contributed by atoms with van der Waals surface area (Å²) >= 11 is 7.25. The number of benzene rings is 1. The third kappa shape index (κ3) is 3.80. The molecule has 1 aromatic heterocycles. The monoisotopic (exact) mass is 324 g/mol. The number of aromatic nitrogens is 1. The number of halogens is 1. The number of esters is 1. The van der Waals surface area contributed by atoms with E-state index in [0.717, 1.165) is 0 Å². The zero-order chi connectivity index (χ0) is 15.4. The normalized spacial score (nSPS) is 10.2. The first-order valence-electron chi connectivity index (χ1n) is 6.09. The van der Waals surface area contributed by atoms with Crippen molar-refractivity contribution >= 4 is 39.9 Å². The number of nitrogens with one attached hydrogen (secondary N) is 1. The molecule has 1 aromatic carbocycles. The van der Waals surface area contributed by atoms with Crippen LogP contribution in [-0.2, 0) is 16.0 Å². The number of anilines is 1. The van der Waals surface area contributed by atoms with Crippen LogP contribution < -0.4 is 5.32 Å². The molecular formula is C14H13ClN2O3S. The number of rotatable bonds is 4. The first kappa shape index (κ1) is 15.5. The van der Waals surface area contributed by atoms with Crippen LogP contribution in [0.4, 0.5) is 5.13 Å². The van der Waals surface area contributed by atoms with Crippen molar-refractivity contribution in [1.82, 2.24) is 4.98 Å². The van der Waals surface area contributed by atoms with E-state index >= 15 is 0 Å². The number of thiazole rings is 1. The molecule has 5 nitrogen and oxygen atoms in total. The summed E-state index contributed by atoms with van der Waals surface area (Å²) in [6, 6.07) is 5.14. The van der Waals surface area contributed by atoms with E-state index < -0.39 is 0 Å². The van der Waals surface area contributed by atoms with Gasteiger partial charge in [-0.2, -0.15) is 0 Å². The van der Waals surface area contributed by atoms with Crippen molar-refractivity contribution in [2.24, 2.45) is 0 Å². The predicted octanol–water partition coefficient (Wildman–Crippen LogP) is 3.07. The van der Waals surface area contributed by atoms with Crippen molar-refractivity contribution in [3.05, 3.63) is 45.4 Å². The van der Waals surface area contributed by atoms with E-state index in [2.05, 4.69) is 15.0 Å². The van der Waals surface area contributed by atoms with Gasteiger partial charge in [0, 0.05) is 16.0 Å². The first-order valence-corrected chi connectivity index (χ1v) is 7.34. The second-order valence-corrected chi connectivity index (χ2v) is 5.53. The van der Waals surface area contributed by atoms with Crippen LogP contribution in [0, 0.1) is 6.92 Å². The van der Waals surface area contributed by atoms with Crippen molar-refractivity contribution in [3.63, 3.8) is 0 Å². The Morgan fingerprint density at radius 1 is 1.43 bits per heavy atom. The minimum atomic E-state index is -0.371. The number of nitrogens with zero attached hydrogens (tertiary/aromatic N) is 1. The number of hydrogen-bond donors (Lipinski definition) is 1. The van der Waals surface area contributed by atoms with E-state index in [1.165, 1.54) is 18.4 Å². The molecule has 0 aliphatic rings. The fraction of sp³-hybridized carbons (Fsp3) is 0.214. The third-order valence-corrected chi connectivity index (χ3v) is 4.05. The maximum absolute atomic E-state index is 12.2. The largest absolute Gasteiger partial charge is 0.469 e. The van der Waals surface area contributed by atoms with Gasteiger partial charge in [0.05, 0.1) is 19.2 Å². The highest BCUT2D eigenvalue weighted by Gasteiger charge is 2.14. The molecule has 1 heterocycles. The molecule has 1 amide bonds. The molecule has 0 saturated heterocycles. The summed E-state index contributed by atoms with van der Waals surface area (Å²) in [7, 11) is 1.32. The number of carbonyl (C=O) groups is 2. The summed E-state index contributed by atoms with van der Waals surface area (Å²) in [4.78, 5) is 27.5. The van der Waals surface area contributed by atoms with Crippen LogP contribution in [0.25, 0.3) is 0 Å². The van der Waals surface area contributed by atoms with E-state index in [1.807, 2.05) is 0 Å². The lowest BCUT2D eigenvalue weighted by molar-refractivity contribution is -0.139. The molecule has 0 spiro atoms. The molecule has 0 atom stereocenters. The smallest absolute Gasteiger partial charge is 0.311 e. The Kier molecular flexibility index (Phi) is 4.93. The van der Waals surface area contributed by atoms with Gasteiger partial charge in [0.1, 0.15) is 0 Å². The van der Waals surface area contributed by atoms with Gasteiger partial charge >= 0.3 is 5.97 Å². The second kappa shape index (κ2) is 6.69. The average Bonchev–Trinajstić information content (AvgIpc) is 2.88. The quantitative estimate of drug-likeness (QED) is 0.878. The Labute approximate surface area is 130 Å². The maximum atomic E-state index is 12.2. The van der Waals surface area contributed by atoms with Gasteiger partial charge in [0.2, 0.25) is 0 Å². The number of carbonyl (C=O) groups excluding carboxylic acids is 2. The zero-order valence-electron chi connectivity index (χ0n) is 11.5. The number of methoxy groups -OCH3 is 1. The lowest BCUT2D eigenvalue weighted by atomic mass is 10.1. The van der Waals surface area contributed by atoms with Crippen molar-refractivity contribution in [1.29, 1.82) is 0 Å². The van der Waals surface area contributed by atoms with E-state index in [1.54, 1.807) is 30.5 Å². The van der Waals surface area contributed by atoms with Gasteiger partial charge in [-0.15, -0.1) is 11.3 Å². The molecule has 0 bridgehead atoms. The van der Waals surface area contributed by atoms with Gasteiger partial charge in [-0.25, -0.2) is 4.98 Å². The van der Waals surface area contributed by atoms with Crippen molar-refractivity contribution in [3.8, 4) is 0 Å². The summed E-state index contributed by atoms with van der Waals surface area (Å²) in [5, 5.41) is 5.37. The Balaban J connectivity index is 2.09. The molecule has 7 heteroatoms. The summed E-state index contributed by atoms with van der Waals surface area (Å²) in [5.41, 5.74) is 1.76. The molecule has 0 unspecified atom stereocenters. The fourth-order valence-corrected chi connectivity index (χ4v) is 2.56. The first-order chi connectivity index (χ1) is 10.0. The van der Waals surface area contributed by atoms with Crippen LogP contribution in [-0.4, -0.2) is 24.0 Å². The Hall–Kier alpha value is -1.92. The van der Waals surface area contributed by atoms with E-state index in [0.29, 0.717) is 27.0 Å². The summed E-state index contributed by atoms with van der Waals surface area (Å²) in [6.07, 6.45) is 0.0824. The fourth-order valence-electron chi connectivity index (χ4n) is 1.68. The minimum Gasteiger partial charge on any atom is -0.469 e. The van der Waals surface area contributed by atoms with Crippen LogP contribution >= 0.6 is 22.9 Å². The number of amides is 1. The lowest BCUT2D eigenvalue weighted by Crippen LogP contribution is -2.13. The van der Waals surface area contributed by atoms with Gasteiger partial charge < -0.3 is 4.74 Å². The predicted molar refractivity (Wildman–Crippen MR) is 82.0 cm³/mol. The standard InChI is InChI=1S/C14H13ClN2O3S/c1-8-10(4-3-5-11(8)15)13(19)17-14-16-9(7-21-14)6-12(18)20-2/h3-5,7H,6H2,1-2H3,(H,16,17,19). The maximum Gasteiger partial charge on any atom is 0.311 e. The average molecular weight is 325 g/mol. The van der Waals surface area contributed by atoms with Gasteiger partial charge in [0.25, 0.3) is 5.91 Å². The number of hydrogen-bond acceptors (Lipinski definition) is 5. The Bertz CT molecular complexity index is 685. The van der Waals surface area contributed by atoms with Gasteiger partial charge in [-0.05, 0) is 24.6 Å². The van der Waals surface area contributed by atoms with Crippen molar-refractivity contribution in [2.45, 2.75) is 13.3 Å². The van der Waals surface area contributed by atoms with Gasteiger partial charge in [-0.1, -0.05) is 17.7 Å². The molecule has 21 heavy (non-hydrogen) atoms. The van der Waals surface area contributed by atoms with E-state index in [9.17, 15) is 9.59 Å². The van der Waals surface area contributed by atoms with Crippen LogP contribution in [0.1, 0.15) is 21.6 Å². The van der Waals surface area contributed by atoms with E-state index in [-0.39, 0.29) is 18.3 Å². The molecule has 0 aliphatic carbocycles. The summed E-state index contributed by atoms with van der Waals surface area (Å²) in [5.74, 6) is -0.655. The molecule has 1 N–H and O–H groups in total. The Morgan fingerprint density at radius 3 is 2.90 bits per heavy atom. The third-order valence-electron chi connectivity index (χ3n) is 2.84. The highest BCUT2D eigenvalue weighted by molar-refractivity contribution is 7.14. The molecule has 0 saturated carbocycles. The molecule has 0 aliphatic heterocycles. The van der Waals surface area contributed by atoms with Crippen LogP contribution in [0.2, 0.25) is 5.02 Å². The zero-order valence-corrected chi connectivity index (χ0v) is 13.0. The lowest BCUT2D eigenvalue weighted by Gasteiger charge is -2.06. The molecule has 0 fully saturated rings. The van der Waals surface area contributed by atoms with Crippen molar-refractivity contribution < 1.29 is 14.3 Å². The highest BCUT2D eigenvalue weighted by atomic mass is 35.5. The summed E-state index contributed by atoms with van der Waals surface area (Å²) < 4.78 is 4.57. The molecule has 0 radical (unpaired) electrons.